The van der Waals surface area contributed by atoms with Crippen molar-refractivity contribution in [1.82, 2.24) is 0 Å². The van der Waals surface area contributed by atoms with Gasteiger partial charge < -0.3 is 19.9 Å². The van der Waals surface area contributed by atoms with Gasteiger partial charge in [-0.3, -0.25) is 0 Å². The molecule has 4 nitrogen and oxygen atoms in total. The molecule has 2 rings (SSSR count). The largest absolute Gasteiger partial charge is 0.497 e. The minimum absolute atomic E-state index is 0.293. The van der Waals surface area contributed by atoms with Crippen LogP contribution in [0, 0.1) is 11.8 Å². The number of ether oxygens (including phenoxy) is 2. The second-order valence-corrected chi connectivity index (χ2v) is 5.43. The molecule has 0 aliphatic heterocycles. The summed E-state index contributed by atoms with van der Waals surface area (Å²) in [5.74, 6) is 2.59. The van der Waals surface area contributed by atoms with Crippen LogP contribution in [0.1, 0.15) is 25.7 Å². The molecule has 0 bridgehead atoms. The third kappa shape index (κ3) is 3.57. The Bertz CT molecular complexity index is 422. The lowest BCUT2D eigenvalue weighted by molar-refractivity contribution is 0.141. The Morgan fingerprint density at radius 1 is 1.15 bits per heavy atom. The normalized spacial score (nSPS) is 22.4. The van der Waals surface area contributed by atoms with Crippen molar-refractivity contribution in [3.63, 3.8) is 0 Å². The zero-order valence-electron chi connectivity index (χ0n) is 12.4. The smallest absolute Gasteiger partial charge is 0.142 e. The first-order chi connectivity index (χ1) is 9.78. The summed E-state index contributed by atoms with van der Waals surface area (Å²) in [6.45, 7) is 1.16. The Morgan fingerprint density at radius 2 is 1.90 bits per heavy atom. The van der Waals surface area contributed by atoms with Gasteiger partial charge in [-0.2, -0.15) is 0 Å². The number of aliphatic hydroxyl groups excluding tert-OH is 1. The Hall–Kier alpha value is -1.42. The molecule has 0 saturated heterocycles. The molecule has 2 N–H and O–H groups in total. The fourth-order valence-corrected chi connectivity index (χ4v) is 2.99. The van der Waals surface area contributed by atoms with Gasteiger partial charge in [0.25, 0.3) is 0 Å². The first-order valence-corrected chi connectivity index (χ1v) is 7.35. The lowest BCUT2D eigenvalue weighted by Gasteiger charge is -2.30. The van der Waals surface area contributed by atoms with Gasteiger partial charge in [-0.25, -0.2) is 0 Å². The zero-order chi connectivity index (χ0) is 14.4. The topological polar surface area (TPSA) is 50.7 Å². The predicted octanol–water partition coefficient (Wildman–Crippen LogP) is 2.91. The van der Waals surface area contributed by atoms with Crippen LogP contribution in [-0.2, 0) is 0 Å². The number of benzene rings is 1. The fraction of sp³-hybridized carbons (Fsp3) is 0.625. The summed E-state index contributed by atoms with van der Waals surface area (Å²) in [6.07, 6.45) is 4.82. The molecule has 112 valence electrons. The summed E-state index contributed by atoms with van der Waals surface area (Å²) in [5, 5.41) is 12.9. The minimum Gasteiger partial charge on any atom is -0.497 e. The average molecular weight is 279 g/mol. The molecule has 0 aromatic heterocycles. The van der Waals surface area contributed by atoms with Crippen LogP contribution in [0.4, 0.5) is 5.69 Å². The predicted molar refractivity (Wildman–Crippen MR) is 80.6 cm³/mol. The second-order valence-electron chi connectivity index (χ2n) is 5.43. The van der Waals surface area contributed by atoms with Gasteiger partial charge >= 0.3 is 0 Å². The van der Waals surface area contributed by atoms with Gasteiger partial charge in [0.2, 0.25) is 0 Å². The van der Waals surface area contributed by atoms with E-state index in [9.17, 15) is 5.11 Å². The highest BCUT2D eigenvalue weighted by atomic mass is 16.5. The third-order valence-corrected chi connectivity index (χ3v) is 4.26. The van der Waals surface area contributed by atoms with Crippen LogP contribution < -0.4 is 14.8 Å². The molecule has 0 spiro atoms. The van der Waals surface area contributed by atoms with E-state index in [0.717, 1.165) is 30.2 Å². The standard InChI is InChI=1S/C16H25NO3/c1-19-14-7-8-16(20-2)15(9-14)17-10-12-5-3-4-6-13(12)11-18/h7-9,12-13,17-18H,3-6,10-11H2,1-2H3. The Kier molecular flexibility index (Phi) is 5.53. The molecule has 2 unspecified atom stereocenters. The Balaban J connectivity index is 2.01. The lowest BCUT2D eigenvalue weighted by Crippen LogP contribution is -2.28. The molecule has 1 aliphatic carbocycles. The number of hydrogen-bond donors (Lipinski definition) is 2. The van der Waals surface area contributed by atoms with Gasteiger partial charge in [0, 0.05) is 19.2 Å². The van der Waals surface area contributed by atoms with Crippen LogP contribution >= 0.6 is 0 Å². The molecule has 1 aromatic rings. The molecule has 20 heavy (non-hydrogen) atoms. The average Bonchev–Trinajstić information content (AvgIpc) is 2.52. The molecular formula is C16H25NO3. The minimum atomic E-state index is 0.293. The van der Waals surface area contributed by atoms with Crippen LogP contribution in [0.25, 0.3) is 0 Å². The van der Waals surface area contributed by atoms with Crippen molar-refractivity contribution in [2.45, 2.75) is 25.7 Å². The maximum atomic E-state index is 9.47. The molecule has 1 aromatic carbocycles. The summed E-state index contributed by atoms with van der Waals surface area (Å²) in [7, 11) is 3.33. The van der Waals surface area contributed by atoms with E-state index in [2.05, 4.69) is 5.32 Å². The van der Waals surface area contributed by atoms with Crippen LogP contribution in [0.2, 0.25) is 0 Å². The fourth-order valence-electron chi connectivity index (χ4n) is 2.99. The van der Waals surface area contributed by atoms with E-state index in [1.54, 1.807) is 14.2 Å². The van der Waals surface area contributed by atoms with Crippen LogP contribution in [0.5, 0.6) is 11.5 Å². The monoisotopic (exact) mass is 279 g/mol. The highest BCUT2D eigenvalue weighted by Crippen LogP contribution is 2.32. The first kappa shape index (κ1) is 15.0. The van der Waals surface area contributed by atoms with E-state index in [4.69, 9.17) is 9.47 Å². The van der Waals surface area contributed by atoms with Crippen LogP contribution in [-0.4, -0.2) is 32.5 Å². The number of rotatable bonds is 6. The highest BCUT2D eigenvalue weighted by molar-refractivity contribution is 5.59. The van der Waals surface area contributed by atoms with E-state index >= 15 is 0 Å². The summed E-state index contributed by atoms with van der Waals surface area (Å²) in [6, 6.07) is 5.75. The van der Waals surface area contributed by atoms with Crippen molar-refractivity contribution in [3.05, 3.63) is 18.2 Å². The van der Waals surface area contributed by atoms with Crippen molar-refractivity contribution < 1.29 is 14.6 Å². The van der Waals surface area contributed by atoms with E-state index in [1.165, 1.54) is 19.3 Å². The molecule has 1 aliphatic rings. The van der Waals surface area contributed by atoms with Crippen molar-refractivity contribution in [1.29, 1.82) is 0 Å². The molecular weight excluding hydrogens is 254 g/mol. The Labute approximate surface area is 121 Å². The third-order valence-electron chi connectivity index (χ3n) is 4.26. The van der Waals surface area contributed by atoms with Gasteiger partial charge in [0.1, 0.15) is 11.5 Å². The molecule has 1 fully saturated rings. The second kappa shape index (κ2) is 7.39. The summed E-state index contributed by atoms with van der Waals surface area (Å²) < 4.78 is 10.6. The van der Waals surface area contributed by atoms with E-state index in [0.29, 0.717) is 18.4 Å². The van der Waals surface area contributed by atoms with Gasteiger partial charge in [-0.05, 0) is 36.8 Å². The van der Waals surface area contributed by atoms with E-state index < -0.39 is 0 Å². The van der Waals surface area contributed by atoms with Crippen molar-refractivity contribution in [2.75, 3.05) is 32.7 Å². The summed E-state index contributed by atoms with van der Waals surface area (Å²) >= 11 is 0. The molecule has 0 radical (unpaired) electrons. The zero-order valence-corrected chi connectivity index (χ0v) is 12.4. The first-order valence-electron chi connectivity index (χ1n) is 7.35. The van der Waals surface area contributed by atoms with Crippen molar-refractivity contribution in [2.24, 2.45) is 11.8 Å². The quantitative estimate of drug-likeness (QED) is 0.840. The molecule has 2 atom stereocenters. The number of nitrogens with one attached hydrogen (secondary N) is 1. The number of anilines is 1. The maximum Gasteiger partial charge on any atom is 0.142 e. The van der Waals surface area contributed by atoms with Crippen molar-refractivity contribution >= 4 is 5.69 Å². The SMILES string of the molecule is COc1ccc(OC)c(NCC2CCCCC2CO)c1. The molecule has 4 heteroatoms. The van der Waals surface area contributed by atoms with E-state index in [-0.39, 0.29) is 0 Å². The number of methoxy groups -OCH3 is 2. The Morgan fingerprint density at radius 3 is 2.55 bits per heavy atom. The van der Waals surface area contributed by atoms with Gasteiger partial charge in [0.15, 0.2) is 0 Å². The van der Waals surface area contributed by atoms with E-state index in [1.807, 2.05) is 18.2 Å². The maximum absolute atomic E-state index is 9.47. The number of hydrogen-bond acceptors (Lipinski definition) is 4. The summed E-state index contributed by atoms with van der Waals surface area (Å²) in [5.41, 5.74) is 0.953. The van der Waals surface area contributed by atoms with Gasteiger partial charge in [0.05, 0.1) is 19.9 Å². The van der Waals surface area contributed by atoms with Gasteiger partial charge in [-0.1, -0.05) is 12.8 Å². The molecule has 1 saturated carbocycles. The van der Waals surface area contributed by atoms with Crippen LogP contribution in [0.15, 0.2) is 18.2 Å². The van der Waals surface area contributed by atoms with Crippen LogP contribution in [0.3, 0.4) is 0 Å². The highest BCUT2D eigenvalue weighted by Gasteiger charge is 2.24. The van der Waals surface area contributed by atoms with Gasteiger partial charge in [-0.15, -0.1) is 0 Å². The summed E-state index contributed by atoms with van der Waals surface area (Å²) in [4.78, 5) is 0. The molecule has 0 heterocycles. The number of aliphatic hydroxyl groups is 1. The lowest BCUT2D eigenvalue weighted by atomic mass is 9.79. The van der Waals surface area contributed by atoms with Crippen molar-refractivity contribution in [3.8, 4) is 11.5 Å². The molecule has 0 amide bonds.